The minimum Gasteiger partial charge on any atom is -0.479 e. The van der Waals surface area contributed by atoms with Crippen molar-refractivity contribution in [2.24, 2.45) is 5.92 Å². The van der Waals surface area contributed by atoms with Gasteiger partial charge in [-0.25, -0.2) is 9.78 Å². The highest BCUT2D eigenvalue weighted by atomic mass is 32.1. The Morgan fingerprint density at radius 3 is 2.42 bits per heavy atom. The summed E-state index contributed by atoms with van der Waals surface area (Å²) in [6, 6.07) is 22.2. The Bertz CT molecular complexity index is 1800. The quantitative estimate of drug-likeness (QED) is 0.188. The minimum absolute atomic E-state index is 0.0638. The molecular formula is C36H36N2O4S. The van der Waals surface area contributed by atoms with Crippen LogP contribution in [0.5, 0.6) is 11.5 Å². The standard InChI is InChI=1S/C36H36N2O4S/c1-36(2,3)24-13-16-25(17-14-24)42-26-15-12-23-19-31(37-30(28(23)20-26)18-22-8-4-5-9-22)34(39)38-33(35(40)41)29-21-43-32-11-7-6-10-27(29)32/h6-7,10-17,19-22,33H,4-5,8-9,18H2,1-3H3,(H,38,39)(H,40,41). The van der Waals surface area contributed by atoms with E-state index in [1.165, 1.54) is 29.7 Å². The summed E-state index contributed by atoms with van der Waals surface area (Å²) < 4.78 is 7.22. The highest BCUT2D eigenvalue weighted by molar-refractivity contribution is 7.17. The topological polar surface area (TPSA) is 88.5 Å². The molecule has 0 aliphatic heterocycles. The van der Waals surface area contributed by atoms with Gasteiger partial charge in [0, 0.05) is 21.3 Å². The Balaban J connectivity index is 1.31. The van der Waals surface area contributed by atoms with Gasteiger partial charge >= 0.3 is 5.97 Å². The molecule has 220 valence electrons. The first kappa shape index (κ1) is 28.9. The zero-order valence-corrected chi connectivity index (χ0v) is 25.5. The number of hydrogen-bond acceptors (Lipinski definition) is 5. The fourth-order valence-electron chi connectivity index (χ4n) is 5.98. The van der Waals surface area contributed by atoms with Gasteiger partial charge < -0.3 is 15.2 Å². The maximum Gasteiger partial charge on any atom is 0.330 e. The average Bonchev–Trinajstić information content (AvgIpc) is 3.66. The number of carbonyl (C=O) groups is 2. The first-order chi connectivity index (χ1) is 20.7. The first-order valence-electron chi connectivity index (χ1n) is 14.9. The lowest BCUT2D eigenvalue weighted by molar-refractivity contribution is -0.139. The summed E-state index contributed by atoms with van der Waals surface area (Å²) in [6.07, 6.45) is 5.45. The maximum absolute atomic E-state index is 13.6. The summed E-state index contributed by atoms with van der Waals surface area (Å²) in [5.41, 5.74) is 2.94. The largest absolute Gasteiger partial charge is 0.479 e. The molecule has 0 saturated heterocycles. The Labute approximate surface area is 255 Å². The highest BCUT2D eigenvalue weighted by Gasteiger charge is 2.27. The Hall–Kier alpha value is -4.23. The molecular weight excluding hydrogens is 556 g/mol. The number of nitrogens with zero attached hydrogens (tertiary/aromatic N) is 1. The van der Waals surface area contributed by atoms with Gasteiger partial charge in [-0.15, -0.1) is 11.3 Å². The highest BCUT2D eigenvalue weighted by Crippen LogP contribution is 2.34. The van der Waals surface area contributed by atoms with Gasteiger partial charge in [0.2, 0.25) is 0 Å². The number of carboxylic acid groups (broad SMARTS) is 1. The molecule has 1 fully saturated rings. The van der Waals surface area contributed by atoms with Crippen molar-refractivity contribution in [1.82, 2.24) is 10.3 Å². The van der Waals surface area contributed by atoms with Gasteiger partial charge in [-0.05, 0) is 75.9 Å². The fourth-order valence-corrected chi connectivity index (χ4v) is 6.97. The zero-order chi connectivity index (χ0) is 30.1. The maximum atomic E-state index is 13.6. The van der Waals surface area contributed by atoms with Crippen LogP contribution in [-0.2, 0) is 16.6 Å². The Morgan fingerprint density at radius 2 is 1.70 bits per heavy atom. The van der Waals surface area contributed by atoms with E-state index in [2.05, 4.69) is 38.2 Å². The number of fused-ring (bicyclic) bond motifs is 2. The number of nitrogens with one attached hydrogen (secondary N) is 1. The molecule has 2 N–H and O–H groups in total. The molecule has 1 aliphatic carbocycles. The first-order valence-corrected chi connectivity index (χ1v) is 15.8. The molecule has 1 unspecified atom stereocenters. The predicted molar refractivity (Wildman–Crippen MR) is 172 cm³/mol. The molecule has 1 atom stereocenters. The summed E-state index contributed by atoms with van der Waals surface area (Å²) in [6.45, 7) is 6.56. The third-order valence-corrected chi connectivity index (χ3v) is 9.35. The third-order valence-electron chi connectivity index (χ3n) is 8.37. The second kappa shape index (κ2) is 11.8. The number of ether oxygens (including phenoxy) is 1. The van der Waals surface area contributed by atoms with Gasteiger partial charge in [-0.1, -0.05) is 82.9 Å². The van der Waals surface area contributed by atoms with Gasteiger partial charge in [-0.2, -0.15) is 0 Å². The van der Waals surface area contributed by atoms with Crippen molar-refractivity contribution in [3.63, 3.8) is 0 Å². The van der Waals surface area contributed by atoms with E-state index < -0.39 is 17.9 Å². The minimum atomic E-state index is -1.18. The number of carboxylic acids is 1. The monoisotopic (exact) mass is 592 g/mol. The Kier molecular flexibility index (Phi) is 7.93. The number of aliphatic carboxylic acids is 1. The molecule has 3 aromatic carbocycles. The van der Waals surface area contributed by atoms with Crippen LogP contribution in [0.3, 0.4) is 0 Å². The normalized spacial score (nSPS) is 14.7. The molecule has 2 heterocycles. The second-order valence-electron chi connectivity index (χ2n) is 12.5. The predicted octanol–water partition coefficient (Wildman–Crippen LogP) is 8.83. The van der Waals surface area contributed by atoms with E-state index in [1.54, 1.807) is 11.4 Å². The Morgan fingerprint density at radius 1 is 0.977 bits per heavy atom. The van der Waals surface area contributed by atoms with Crippen LogP contribution in [0.1, 0.15) is 79.8 Å². The lowest BCUT2D eigenvalue weighted by Gasteiger charge is -2.19. The van der Waals surface area contributed by atoms with Crippen molar-refractivity contribution >= 4 is 44.1 Å². The molecule has 1 aliphatic rings. The van der Waals surface area contributed by atoms with Crippen LogP contribution < -0.4 is 10.1 Å². The van der Waals surface area contributed by atoms with Crippen LogP contribution in [0.2, 0.25) is 0 Å². The summed E-state index contributed by atoms with van der Waals surface area (Å²) in [5.74, 6) is 0.359. The number of amides is 1. The van der Waals surface area contributed by atoms with Crippen LogP contribution in [-0.4, -0.2) is 22.0 Å². The van der Waals surface area contributed by atoms with Crippen LogP contribution in [0.25, 0.3) is 20.9 Å². The summed E-state index contributed by atoms with van der Waals surface area (Å²) in [4.78, 5) is 30.7. The lowest BCUT2D eigenvalue weighted by Crippen LogP contribution is -2.34. The van der Waals surface area contributed by atoms with Gasteiger partial charge in [0.05, 0.1) is 0 Å². The average molecular weight is 593 g/mol. The zero-order valence-electron chi connectivity index (χ0n) is 24.7. The molecule has 6 rings (SSSR count). The van der Waals surface area contributed by atoms with Crippen molar-refractivity contribution in [2.75, 3.05) is 0 Å². The molecule has 6 nitrogen and oxygen atoms in total. The van der Waals surface area contributed by atoms with Crippen LogP contribution >= 0.6 is 11.3 Å². The van der Waals surface area contributed by atoms with E-state index in [9.17, 15) is 14.7 Å². The smallest absolute Gasteiger partial charge is 0.330 e. The van der Waals surface area contributed by atoms with Crippen molar-refractivity contribution in [3.05, 3.63) is 101 Å². The molecule has 0 radical (unpaired) electrons. The van der Waals surface area contributed by atoms with Gasteiger partial charge in [0.15, 0.2) is 6.04 Å². The van der Waals surface area contributed by atoms with Gasteiger partial charge in [0.25, 0.3) is 5.91 Å². The van der Waals surface area contributed by atoms with E-state index in [0.29, 0.717) is 17.2 Å². The SMILES string of the molecule is CC(C)(C)c1ccc(Oc2ccc3cc(C(=O)NC(C(=O)O)c4csc5ccccc45)nc(CC4CCCC4)c3c2)cc1. The number of carbonyl (C=O) groups excluding carboxylic acids is 1. The van der Waals surface area contributed by atoms with E-state index in [-0.39, 0.29) is 11.1 Å². The van der Waals surface area contributed by atoms with E-state index in [0.717, 1.165) is 51.6 Å². The summed E-state index contributed by atoms with van der Waals surface area (Å²) in [5, 5.41) is 17.3. The molecule has 2 aromatic heterocycles. The van der Waals surface area contributed by atoms with Crippen LogP contribution in [0.4, 0.5) is 0 Å². The van der Waals surface area contributed by atoms with E-state index >= 15 is 0 Å². The number of rotatable bonds is 8. The number of aromatic nitrogens is 1. The second-order valence-corrected chi connectivity index (χ2v) is 13.4. The molecule has 0 spiro atoms. The van der Waals surface area contributed by atoms with Crippen molar-refractivity contribution < 1.29 is 19.4 Å². The number of thiophene rings is 1. The van der Waals surface area contributed by atoms with Crippen molar-refractivity contribution in [1.29, 1.82) is 0 Å². The lowest BCUT2D eigenvalue weighted by atomic mass is 9.87. The van der Waals surface area contributed by atoms with Crippen LogP contribution in [0.15, 0.2) is 78.2 Å². The number of hydrogen-bond donors (Lipinski definition) is 2. The molecule has 43 heavy (non-hydrogen) atoms. The third kappa shape index (κ3) is 6.27. The molecule has 7 heteroatoms. The van der Waals surface area contributed by atoms with Crippen molar-refractivity contribution in [2.45, 2.75) is 64.3 Å². The molecule has 1 amide bonds. The number of pyridine rings is 1. The van der Waals surface area contributed by atoms with Crippen molar-refractivity contribution in [3.8, 4) is 11.5 Å². The fraction of sp³-hybridized carbons (Fsp3) is 0.306. The van der Waals surface area contributed by atoms with Crippen LogP contribution in [0, 0.1) is 5.92 Å². The van der Waals surface area contributed by atoms with Gasteiger partial charge in [-0.3, -0.25) is 4.79 Å². The number of benzene rings is 3. The molecule has 0 bridgehead atoms. The van der Waals surface area contributed by atoms with Gasteiger partial charge in [0.1, 0.15) is 17.2 Å². The van der Waals surface area contributed by atoms with E-state index in [1.807, 2.05) is 54.6 Å². The summed E-state index contributed by atoms with van der Waals surface area (Å²) >= 11 is 1.47. The summed E-state index contributed by atoms with van der Waals surface area (Å²) in [7, 11) is 0. The van der Waals surface area contributed by atoms with E-state index in [4.69, 9.17) is 9.72 Å². The molecule has 1 saturated carbocycles. The molecule has 5 aromatic rings.